The number of unbranched alkanes of at least 4 members (excludes halogenated alkanes) is 11. The number of hydrogen-bond acceptors (Lipinski definition) is 12. The van der Waals surface area contributed by atoms with Gasteiger partial charge in [0.15, 0.2) is 6.10 Å². The first-order valence-corrected chi connectivity index (χ1v) is 22.6. The first-order valence-electron chi connectivity index (χ1n) is 21.1. The third-order valence-corrected chi connectivity index (χ3v) is 10.3. The molecule has 0 radical (unpaired) electrons. The predicted octanol–water partition coefficient (Wildman–Crippen LogP) is 7.38. The van der Waals surface area contributed by atoms with Crippen LogP contribution in [0.3, 0.4) is 0 Å². The highest BCUT2D eigenvalue weighted by Crippen LogP contribution is 2.47. The topological polar surface area (TPSA) is 210 Å². The summed E-state index contributed by atoms with van der Waals surface area (Å²) in [6.07, 6.45) is 25.8. The van der Waals surface area contributed by atoms with Gasteiger partial charge in [0.1, 0.15) is 43.2 Å². The monoisotopic (exact) mass is 828 g/mol. The number of phosphoric ester groups is 1. The summed E-state index contributed by atoms with van der Waals surface area (Å²) in [5.41, 5.74) is 0. The molecule has 1 fully saturated rings. The van der Waals surface area contributed by atoms with Crippen LogP contribution in [0.25, 0.3) is 0 Å². The lowest BCUT2D eigenvalue weighted by Crippen LogP contribution is -2.64. The zero-order chi connectivity index (χ0) is 42.2. The van der Waals surface area contributed by atoms with Crippen molar-refractivity contribution < 1.29 is 63.1 Å². The molecule has 6 unspecified atom stereocenters. The Morgan fingerprint density at radius 3 is 1.58 bits per heavy atom. The number of ether oxygens (including phenoxy) is 2. The van der Waals surface area contributed by atoms with Crippen LogP contribution in [0.4, 0.5) is 0 Å². The fraction of sp³-hybridized carbons (Fsp3) is 0.721. The average molecular weight is 829 g/mol. The Morgan fingerprint density at radius 1 is 0.561 bits per heavy atom. The highest BCUT2D eigenvalue weighted by Gasteiger charge is 2.51. The molecule has 0 aliphatic heterocycles. The van der Waals surface area contributed by atoms with Crippen molar-refractivity contribution in [3.05, 3.63) is 60.8 Å². The van der Waals surface area contributed by atoms with Crippen molar-refractivity contribution in [2.75, 3.05) is 13.2 Å². The zero-order valence-corrected chi connectivity index (χ0v) is 35.3. The van der Waals surface area contributed by atoms with Crippen LogP contribution in [0, 0.1) is 0 Å². The van der Waals surface area contributed by atoms with Gasteiger partial charge >= 0.3 is 19.8 Å². The minimum atomic E-state index is -5.13. The van der Waals surface area contributed by atoms with Gasteiger partial charge in [-0.25, -0.2) is 4.57 Å². The second-order valence-corrected chi connectivity index (χ2v) is 15.9. The van der Waals surface area contributed by atoms with Gasteiger partial charge in [-0.3, -0.25) is 18.6 Å². The Labute approximate surface area is 341 Å². The number of carbonyl (C=O) groups excluding carboxylic acids is 2. The Bertz CT molecular complexity index is 1230. The fourth-order valence-corrected chi connectivity index (χ4v) is 6.89. The number of aliphatic hydroxyl groups is 5. The summed E-state index contributed by atoms with van der Waals surface area (Å²) in [6.45, 7) is 3.10. The van der Waals surface area contributed by atoms with E-state index in [9.17, 15) is 44.6 Å². The van der Waals surface area contributed by atoms with Crippen molar-refractivity contribution >= 4 is 19.8 Å². The molecule has 57 heavy (non-hydrogen) atoms. The molecule has 13 nitrogen and oxygen atoms in total. The van der Waals surface area contributed by atoms with Crippen molar-refractivity contribution in [1.29, 1.82) is 0 Å². The van der Waals surface area contributed by atoms with Crippen LogP contribution in [0.5, 0.6) is 0 Å². The van der Waals surface area contributed by atoms with Crippen LogP contribution >= 0.6 is 7.82 Å². The van der Waals surface area contributed by atoms with Crippen LogP contribution in [-0.2, 0) is 32.7 Å². The molecule has 1 aliphatic carbocycles. The van der Waals surface area contributed by atoms with Gasteiger partial charge in [0, 0.05) is 12.8 Å². The van der Waals surface area contributed by atoms with E-state index in [-0.39, 0.29) is 12.8 Å². The minimum Gasteiger partial charge on any atom is -0.462 e. The Hall–Kier alpha value is -2.45. The van der Waals surface area contributed by atoms with Gasteiger partial charge in [0.25, 0.3) is 0 Å². The molecule has 1 saturated carbocycles. The Morgan fingerprint density at radius 2 is 1.00 bits per heavy atom. The molecule has 1 aliphatic rings. The van der Waals surface area contributed by atoms with Gasteiger partial charge in [0.05, 0.1) is 6.61 Å². The summed E-state index contributed by atoms with van der Waals surface area (Å²) in [5.74, 6) is -1.17. The van der Waals surface area contributed by atoms with E-state index in [1.54, 1.807) is 0 Å². The molecule has 0 aromatic rings. The maximum Gasteiger partial charge on any atom is 0.472 e. The fourth-order valence-electron chi connectivity index (χ4n) is 5.92. The highest BCUT2D eigenvalue weighted by molar-refractivity contribution is 7.47. The number of rotatable bonds is 33. The van der Waals surface area contributed by atoms with E-state index in [4.69, 9.17) is 18.5 Å². The van der Waals surface area contributed by atoms with E-state index in [1.807, 2.05) is 0 Å². The predicted molar refractivity (Wildman–Crippen MR) is 221 cm³/mol. The lowest BCUT2D eigenvalue weighted by Gasteiger charge is -2.41. The minimum absolute atomic E-state index is 0.0646. The van der Waals surface area contributed by atoms with Crippen molar-refractivity contribution in [3.63, 3.8) is 0 Å². The maximum absolute atomic E-state index is 12.8. The van der Waals surface area contributed by atoms with Crippen LogP contribution in [0.1, 0.15) is 142 Å². The average Bonchev–Trinajstić information content (AvgIpc) is 3.19. The van der Waals surface area contributed by atoms with Crippen molar-refractivity contribution in [3.8, 4) is 0 Å². The van der Waals surface area contributed by atoms with E-state index in [0.29, 0.717) is 12.8 Å². The first-order chi connectivity index (χ1) is 27.4. The lowest BCUT2D eigenvalue weighted by atomic mass is 9.85. The van der Waals surface area contributed by atoms with Gasteiger partial charge in [0.2, 0.25) is 0 Å². The van der Waals surface area contributed by atoms with E-state index >= 15 is 0 Å². The third kappa shape index (κ3) is 26.3. The van der Waals surface area contributed by atoms with Crippen molar-refractivity contribution in [2.45, 2.75) is 185 Å². The van der Waals surface area contributed by atoms with Gasteiger partial charge in [-0.05, 0) is 77.0 Å². The van der Waals surface area contributed by atoms with E-state index in [2.05, 4.69) is 74.6 Å². The molecule has 14 heteroatoms. The molecule has 8 atom stereocenters. The van der Waals surface area contributed by atoms with Crippen LogP contribution < -0.4 is 0 Å². The number of carbonyl (C=O) groups is 2. The second kappa shape index (κ2) is 33.4. The number of esters is 2. The molecule has 0 aromatic heterocycles. The summed E-state index contributed by atoms with van der Waals surface area (Å²) in [7, 11) is -5.13. The number of hydrogen-bond donors (Lipinski definition) is 6. The molecule has 6 N–H and O–H groups in total. The number of phosphoric acid groups is 1. The smallest absolute Gasteiger partial charge is 0.462 e. The largest absolute Gasteiger partial charge is 0.472 e. The van der Waals surface area contributed by atoms with Crippen LogP contribution in [-0.4, -0.2) is 98.3 Å². The molecule has 0 heterocycles. The molecule has 0 spiro atoms. The molecule has 328 valence electrons. The van der Waals surface area contributed by atoms with Crippen LogP contribution in [0.2, 0.25) is 0 Å². The van der Waals surface area contributed by atoms with Gasteiger partial charge < -0.3 is 39.9 Å². The Balaban J connectivity index is 2.55. The van der Waals surface area contributed by atoms with Crippen molar-refractivity contribution in [2.24, 2.45) is 0 Å². The van der Waals surface area contributed by atoms with Gasteiger partial charge in [-0.2, -0.15) is 0 Å². The highest BCUT2D eigenvalue weighted by atomic mass is 31.2. The molecule has 1 rings (SSSR count). The Kier molecular flexibility index (Phi) is 30.8. The first kappa shape index (κ1) is 52.6. The molecular weight excluding hydrogens is 755 g/mol. The van der Waals surface area contributed by atoms with Gasteiger partial charge in [-0.15, -0.1) is 0 Å². The lowest BCUT2D eigenvalue weighted by molar-refractivity contribution is -0.220. The third-order valence-electron chi connectivity index (χ3n) is 9.34. The van der Waals surface area contributed by atoms with E-state index in [0.717, 1.165) is 64.2 Å². The summed E-state index contributed by atoms with van der Waals surface area (Å²) in [5, 5.41) is 50.0. The zero-order valence-electron chi connectivity index (χ0n) is 34.4. The second-order valence-electron chi connectivity index (χ2n) is 14.5. The molecule has 0 amide bonds. The molecule has 0 saturated heterocycles. The summed E-state index contributed by atoms with van der Waals surface area (Å²) < 4.78 is 33.4. The van der Waals surface area contributed by atoms with E-state index in [1.165, 1.54) is 38.5 Å². The normalized spacial score (nSPS) is 23.3. The van der Waals surface area contributed by atoms with Crippen LogP contribution in [0.15, 0.2) is 60.8 Å². The standard InChI is InChI=1S/C43H73O13P/c1-3-5-7-9-11-13-15-17-18-20-21-23-25-27-29-31-36(44)53-33-35(34-54-57(51,52)56-43-41(49)39(47)38(46)40(48)42(43)50)55-37(45)32-30-28-26-24-22-19-16-14-12-10-8-6-4-2/h5,7,11,13,17-19,21-23,35,38-43,46-50H,3-4,6,8-10,12,14-16,20,24-34H2,1-2H3,(H,51,52)/b7-5+,13-11+,18-17+,22-19+,23-21+/t35-,38?,39-,40?,41?,42?,43?/m0/s1. The molecule has 0 aromatic carbocycles. The molecular formula is C43H73O13P. The molecule has 0 bridgehead atoms. The van der Waals surface area contributed by atoms with Gasteiger partial charge in [-0.1, -0.05) is 113 Å². The summed E-state index contributed by atoms with van der Waals surface area (Å²) in [4.78, 5) is 35.5. The SMILES string of the molecule is CC/C=C/C/C=C/C/C=C/C/C=C/CCCCC(=O)OC[C@@H](COP(=O)(O)OC1C(O)C(O)C(O)[C@H](O)C1O)OC(=O)CCCCC/C=C/CCCCCCCC. The van der Waals surface area contributed by atoms with Crippen molar-refractivity contribution in [1.82, 2.24) is 0 Å². The summed E-state index contributed by atoms with van der Waals surface area (Å²) >= 11 is 0. The summed E-state index contributed by atoms with van der Waals surface area (Å²) in [6, 6.07) is 0. The number of allylic oxidation sites excluding steroid dienone is 10. The quantitative estimate of drug-likeness (QED) is 0.0165. The number of aliphatic hydroxyl groups excluding tert-OH is 5. The van der Waals surface area contributed by atoms with E-state index < -0.39 is 75.7 Å². The maximum atomic E-state index is 12.8.